The van der Waals surface area contributed by atoms with Gasteiger partial charge in [-0.1, -0.05) is 0 Å². The number of carbonyl (C=O) groups is 2. The normalized spacial score (nSPS) is 10.5. The number of methoxy groups -OCH3 is 1. The van der Waals surface area contributed by atoms with Gasteiger partial charge in [0.15, 0.2) is 5.65 Å². The number of rotatable bonds is 6. The van der Waals surface area contributed by atoms with Gasteiger partial charge in [0.05, 0.1) is 19.0 Å². The summed E-state index contributed by atoms with van der Waals surface area (Å²) in [6.07, 6.45) is 2.17. The number of primary amides is 1. The maximum absolute atomic E-state index is 12.5. The molecule has 3 amide bonds. The number of nitrogens with one attached hydrogen (secondary N) is 2. The van der Waals surface area contributed by atoms with E-state index in [1.807, 2.05) is 13.8 Å². The number of anilines is 2. The van der Waals surface area contributed by atoms with E-state index in [1.165, 1.54) is 13.3 Å². The van der Waals surface area contributed by atoms with Crippen molar-refractivity contribution in [3.8, 4) is 11.8 Å². The zero-order valence-electron chi connectivity index (χ0n) is 16.8. The van der Waals surface area contributed by atoms with Crippen molar-refractivity contribution in [2.24, 2.45) is 5.73 Å². The van der Waals surface area contributed by atoms with E-state index in [1.54, 1.807) is 22.7 Å². The van der Waals surface area contributed by atoms with Gasteiger partial charge in [0.25, 0.3) is 0 Å². The minimum Gasteiger partial charge on any atom is -0.494 e. The van der Waals surface area contributed by atoms with Gasteiger partial charge in [0.2, 0.25) is 5.91 Å². The molecule has 0 fully saturated rings. The lowest BCUT2D eigenvalue weighted by Gasteiger charge is -2.13. The van der Waals surface area contributed by atoms with Crippen molar-refractivity contribution in [3.05, 3.63) is 46.9 Å². The van der Waals surface area contributed by atoms with Crippen LogP contribution < -0.4 is 21.1 Å². The van der Waals surface area contributed by atoms with Crippen molar-refractivity contribution in [1.82, 2.24) is 14.6 Å². The highest BCUT2D eigenvalue weighted by Crippen LogP contribution is 2.28. The summed E-state index contributed by atoms with van der Waals surface area (Å²) in [6, 6.07) is 6.20. The Balaban J connectivity index is 1.72. The Hall–Kier alpha value is -4.13. The van der Waals surface area contributed by atoms with E-state index in [0.717, 1.165) is 17.0 Å². The fourth-order valence-corrected chi connectivity index (χ4v) is 3.22. The van der Waals surface area contributed by atoms with Gasteiger partial charge in [-0.3, -0.25) is 4.79 Å². The molecule has 30 heavy (non-hydrogen) atoms. The third-order valence-corrected chi connectivity index (χ3v) is 4.67. The SMILES string of the molecule is COc1cc(NC(=O)CCc2c(C)nc3c(C#N)cnn3c2C)ccc1NC(N)=O. The molecule has 0 aliphatic carbocycles. The topological polar surface area (TPSA) is 147 Å². The van der Waals surface area contributed by atoms with Crippen LogP contribution >= 0.6 is 0 Å². The number of amides is 3. The first-order valence-electron chi connectivity index (χ1n) is 9.12. The Bertz CT molecular complexity index is 1180. The van der Waals surface area contributed by atoms with Crippen molar-refractivity contribution in [3.63, 3.8) is 0 Å². The van der Waals surface area contributed by atoms with Crippen LogP contribution in [0.1, 0.15) is 28.9 Å². The molecule has 0 saturated carbocycles. The van der Waals surface area contributed by atoms with E-state index in [9.17, 15) is 9.59 Å². The van der Waals surface area contributed by atoms with Crippen molar-refractivity contribution >= 4 is 29.0 Å². The number of nitrogens with zero attached hydrogens (tertiary/aromatic N) is 4. The molecular weight excluding hydrogens is 386 g/mol. The second kappa shape index (κ2) is 8.48. The van der Waals surface area contributed by atoms with Crippen LogP contribution in [0.2, 0.25) is 0 Å². The minimum absolute atomic E-state index is 0.190. The highest BCUT2D eigenvalue weighted by atomic mass is 16.5. The number of benzene rings is 1. The van der Waals surface area contributed by atoms with Crippen LogP contribution in [0.15, 0.2) is 24.4 Å². The van der Waals surface area contributed by atoms with Crippen molar-refractivity contribution in [2.45, 2.75) is 26.7 Å². The monoisotopic (exact) mass is 407 g/mol. The summed E-state index contributed by atoms with van der Waals surface area (Å²) in [5, 5.41) is 18.6. The third kappa shape index (κ3) is 4.15. The number of nitrogens with two attached hydrogens (primary N) is 1. The molecule has 10 nitrogen and oxygen atoms in total. The average molecular weight is 407 g/mol. The first-order valence-corrected chi connectivity index (χ1v) is 9.12. The zero-order chi connectivity index (χ0) is 21.8. The summed E-state index contributed by atoms with van der Waals surface area (Å²) in [5.41, 5.74) is 9.49. The van der Waals surface area contributed by atoms with Crippen molar-refractivity contribution < 1.29 is 14.3 Å². The Morgan fingerprint density at radius 1 is 1.30 bits per heavy atom. The van der Waals surface area contributed by atoms with Crippen LogP contribution in [0.5, 0.6) is 5.75 Å². The lowest BCUT2D eigenvalue weighted by molar-refractivity contribution is -0.116. The number of carbonyl (C=O) groups excluding carboxylic acids is 2. The molecule has 3 rings (SSSR count). The van der Waals surface area contributed by atoms with Crippen LogP contribution in [0, 0.1) is 25.2 Å². The molecule has 0 aliphatic rings. The number of hydrogen-bond acceptors (Lipinski definition) is 6. The van der Waals surface area contributed by atoms with Gasteiger partial charge in [-0.05, 0) is 38.0 Å². The van der Waals surface area contributed by atoms with E-state index in [4.69, 9.17) is 15.7 Å². The third-order valence-electron chi connectivity index (χ3n) is 4.67. The molecule has 1 aromatic carbocycles. The van der Waals surface area contributed by atoms with Crippen LogP contribution in [0.25, 0.3) is 5.65 Å². The Kier molecular flexibility index (Phi) is 5.83. The molecule has 0 aliphatic heterocycles. The Morgan fingerprint density at radius 3 is 2.73 bits per heavy atom. The largest absolute Gasteiger partial charge is 0.494 e. The second-order valence-corrected chi connectivity index (χ2v) is 6.62. The summed E-state index contributed by atoms with van der Waals surface area (Å²) in [4.78, 5) is 28.0. The van der Waals surface area contributed by atoms with Gasteiger partial charge in [-0.2, -0.15) is 10.4 Å². The number of nitriles is 1. The molecule has 0 radical (unpaired) electrons. The van der Waals surface area contributed by atoms with Crippen LogP contribution in [0.3, 0.4) is 0 Å². The zero-order valence-corrected chi connectivity index (χ0v) is 16.8. The smallest absolute Gasteiger partial charge is 0.316 e. The number of hydrogen-bond donors (Lipinski definition) is 3. The van der Waals surface area contributed by atoms with Gasteiger partial charge >= 0.3 is 6.03 Å². The summed E-state index contributed by atoms with van der Waals surface area (Å²) in [5.74, 6) is 0.185. The summed E-state index contributed by atoms with van der Waals surface area (Å²) >= 11 is 0. The minimum atomic E-state index is -0.708. The van der Waals surface area contributed by atoms with Crippen molar-refractivity contribution in [1.29, 1.82) is 5.26 Å². The highest BCUT2D eigenvalue weighted by Gasteiger charge is 2.15. The fourth-order valence-electron chi connectivity index (χ4n) is 3.22. The number of urea groups is 1. The number of fused-ring (bicyclic) bond motifs is 1. The quantitative estimate of drug-likeness (QED) is 0.571. The molecule has 154 valence electrons. The fraction of sp³-hybridized carbons (Fsp3) is 0.250. The standard InChI is InChI=1S/C20H21N7O3/c1-11-15(12(2)27-19(24-11)13(9-21)10-23-27)5-7-18(28)25-14-4-6-16(26-20(22)29)17(8-14)30-3/h4,6,8,10H,5,7H2,1-3H3,(H,25,28)(H3,22,26,29). The molecule has 3 aromatic rings. The summed E-state index contributed by atoms with van der Waals surface area (Å²) in [7, 11) is 1.45. The van der Waals surface area contributed by atoms with E-state index >= 15 is 0 Å². The number of aryl methyl sites for hydroxylation is 2. The van der Waals surface area contributed by atoms with Gasteiger partial charge < -0.3 is 21.1 Å². The van der Waals surface area contributed by atoms with Gasteiger partial charge in [-0.15, -0.1) is 0 Å². The molecule has 0 unspecified atom stereocenters. The first-order chi connectivity index (χ1) is 14.3. The van der Waals surface area contributed by atoms with E-state index in [-0.39, 0.29) is 12.3 Å². The Morgan fingerprint density at radius 2 is 2.07 bits per heavy atom. The Labute approximate surface area is 172 Å². The van der Waals surface area contributed by atoms with Crippen molar-refractivity contribution in [2.75, 3.05) is 17.7 Å². The average Bonchev–Trinajstić information content (AvgIpc) is 3.11. The van der Waals surface area contributed by atoms with Gasteiger partial charge in [0, 0.05) is 29.6 Å². The van der Waals surface area contributed by atoms with Crippen LogP contribution in [0.4, 0.5) is 16.2 Å². The van der Waals surface area contributed by atoms with E-state index < -0.39 is 6.03 Å². The maximum Gasteiger partial charge on any atom is 0.316 e. The molecule has 0 spiro atoms. The number of ether oxygens (including phenoxy) is 1. The first kappa shape index (κ1) is 20.6. The molecule has 2 heterocycles. The molecule has 10 heteroatoms. The van der Waals surface area contributed by atoms with Gasteiger partial charge in [0.1, 0.15) is 17.4 Å². The lowest BCUT2D eigenvalue weighted by Crippen LogP contribution is -2.20. The molecule has 0 bridgehead atoms. The predicted molar refractivity (Wildman–Crippen MR) is 110 cm³/mol. The second-order valence-electron chi connectivity index (χ2n) is 6.62. The maximum atomic E-state index is 12.5. The molecule has 0 saturated heterocycles. The molecule has 0 atom stereocenters. The number of aromatic nitrogens is 3. The summed E-state index contributed by atoms with van der Waals surface area (Å²) < 4.78 is 6.84. The predicted octanol–water partition coefficient (Wildman–Crippen LogP) is 2.29. The van der Waals surface area contributed by atoms with Crippen LogP contribution in [-0.2, 0) is 11.2 Å². The van der Waals surface area contributed by atoms with Crippen LogP contribution in [-0.4, -0.2) is 33.6 Å². The molecule has 4 N–H and O–H groups in total. The van der Waals surface area contributed by atoms with Gasteiger partial charge in [-0.25, -0.2) is 14.3 Å². The van der Waals surface area contributed by atoms with E-state index in [2.05, 4.69) is 26.8 Å². The molecule has 2 aromatic heterocycles. The summed E-state index contributed by atoms with van der Waals surface area (Å²) in [6.45, 7) is 3.74. The van der Waals surface area contributed by atoms with E-state index in [0.29, 0.717) is 34.8 Å². The highest BCUT2D eigenvalue weighted by molar-refractivity contribution is 5.93. The molecular formula is C20H21N7O3. The lowest BCUT2D eigenvalue weighted by atomic mass is 10.1.